The second-order valence-corrected chi connectivity index (χ2v) is 4.36. The number of hydrazone groups is 1. The Balaban J connectivity index is 2.10. The van der Waals surface area contributed by atoms with Gasteiger partial charge in [-0.2, -0.15) is 5.10 Å². The Hall–Kier alpha value is -2.36. The molecule has 0 saturated carbocycles. The molecule has 1 aromatic heterocycles. The first-order chi connectivity index (χ1) is 9.08. The molecule has 0 aliphatic rings. The van der Waals surface area contributed by atoms with Crippen LogP contribution >= 0.6 is 0 Å². The fourth-order valence-electron chi connectivity index (χ4n) is 1.71. The van der Waals surface area contributed by atoms with Crippen molar-refractivity contribution in [3.05, 3.63) is 59.0 Å². The van der Waals surface area contributed by atoms with Crippen LogP contribution in [0.4, 0.5) is 0 Å². The first-order valence-corrected chi connectivity index (χ1v) is 6.05. The topological polar surface area (TPSA) is 54.6 Å². The number of hydrogen-bond acceptors (Lipinski definition) is 3. The molecule has 0 saturated heterocycles. The monoisotopic (exact) mass is 256 g/mol. The zero-order chi connectivity index (χ0) is 13.8. The standard InChI is InChI=1S/C15H16N2O2/c1-10-6-4-5-7-13(10)15(18)17-16-12(3)14-9-8-11(2)19-14/h4-9H,1-3H3,(H,17,18)/b16-12+. The summed E-state index contributed by atoms with van der Waals surface area (Å²) in [5.41, 5.74) is 4.71. The van der Waals surface area contributed by atoms with Crippen LogP contribution in [0, 0.1) is 13.8 Å². The van der Waals surface area contributed by atoms with Gasteiger partial charge in [0.2, 0.25) is 0 Å². The molecule has 0 unspecified atom stereocenters. The molecule has 98 valence electrons. The molecule has 2 aromatic rings. The molecule has 0 aliphatic heterocycles. The maximum atomic E-state index is 12.0. The second-order valence-electron chi connectivity index (χ2n) is 4.36. The van der Waals surface area contributed by atoms with Gasteiger partial charge in [-0.3, -0.25) is 4.79 Å². The zero-order valence-corrected chi connectivity index (χ0v) is 11.2. The van der Waals surface area contributed by atoms with E-state index in [2.05, 4.69) is 10.5 Å². The van der Waals surface area contributed by atoms with Gasteiger partial charge in [0.15, 0.2) is 0 Å². The molecule has 1 amide bonds. The van der Waals surface area contributed by atoms with Gasteiger partial charge in [-0.15, -0.1) is 0 Å². The summed E-state index contributed by atoms with van der Waals surface area (Å²) in [7, 11) is 0. The molecule has 19 heavy (non-hydrogen) atoms. The minimum Gasteiger partial charge on any atom is -0.460 e. The zero-order valence-electron chi connectivity index (χ0n) is 11.2. The number of furan rings is 1. The Labute approximate surface area is 112 Å². The van der Waals surface area contributed by atoms with E-state index in [4.69, 9.17) is 4.42 Å². The van der Waals surface area contributed by atoms with Gasteiger partial charge in [-0.1, -0.05) is 18.2 Å². The average Bonchev–Trinajstić information content (AvgIpc) is 2.83. The number of aryl methyl sites for hydroxylation is 2. The van der Waals surface area contributed by atoms with E-state index in [9.17, 15) is 4.79 Å². The molecule has 0 spiro atoms. The summed E-state index contributed by atoms with van der Waals surface area (Å²) in [5, 5.41) is 4.05. The third-order valence-electron chi connectivity index (χ3n) is 2.81. The fourth-order valence-corrected chi connectivity index (χ4v) is 1.71. The van der Waals surface area contributed by atoms with E-state index in [1.54, 1.807) is 13.0 Å². The molecule has 0 bridgehead atoms. The first kappa shape index (κ1) is 13.1. The largest absolute Gasteiger partial charge is 0.460 e. The smallest absolute Gasteiger partial charge is 0.271 e. The van der Waals surface area contributed by atoms with Crippen LogP contribution in [0.2, 0.25) is 0 Å². The van der Waals surface area contributed by atoms with Crippen LogP contribution in [0.25, 0.3) is 0 Å². The van der Waals surface area contributed by atoms with E-state index >= 15 is 0 Å². The predicted octanol–water partition coefficient (Wildman–Crippen LogP) is 3.05. The van der Waals surface area contributed by atoms with E-state index < -0.39 is 0 Å². The first-order valence-electron chi connectivity index (χ1n) is 6.05. The number of benzene rings is 1. The molecule has 0 atom stereocenters. The van der Waals surface area contributed by atoms with E-state index in [0.717, 1.165) is 11.3 Å². The van der Waals surface area contributed by atoms with Gasteiger partial charge >= 0.3 is 0 Å². The van der Waals surface area contributed by atoms with Crippen molar-refractivity contribution in [2.24, 2.45) is 5.10 Å². The normalized spacial score (nSPS) is 11.4. The lowest BCUT2D eigenvalue weighted by Crippen LogP contribution is -2.20. The summed E-state index contributed by atoms with van der Waals surface area (Å²) in [5.74, 6) is 1.25. The van der Waals surface area contributed by atoms with Crippen molar-refractivity contribution in [2.75, 3.05) is 0 Å². The third-order valence-corrected chi connectivity index (χ3v) is 2.81. The molecular weight excluding hydrogens is 240 g/mol. The van der Waals surface area contributed by atoms with Crippen LogP contribution in [0.15, 0.2) is 45.9 Å². The lowest BCUT2D eigenvalue weighted by Gasteiger charge is -2.04. The van der Waals surface area contributed by atoms with Gasteiger partial charge in [-0.05, 0) is 44.5 Å². The van der Waals surface area contributed by atoms with Gasteiger partial charge in [0, 0.05) is 5.56 Å². The predicted molar refractivity (Wildman–Crippen MR) is 74.3 cm³/mol. The van der Waals surface area contributed by atoms with Crippen molar-refractivity contribution in [1.29, 1.82) is 0 Å². The number of carbonyl (C=O) groups excluding carboxylic acids is 1. The van der Waals surface area contributed by atoms with E-state index in [-0.39, 0.29) is 5.91 Å². The highest BCUT2D eigenvalue weighted by molar-refractivity contribution is 5.99. The highest BCUT2D eigenvalue weighted by atomic mass is 16.3. The SMILES string of the molecule is C/C(=N\NC(=O)c1ccccc1C)c1ccc(C)o1. The summed E-state index contributed by atoms with van der Waals surface area (Å²) in [4.78, 5) is 12.0. The molecule has 4 heteroatoms. The van der Waals surface area contributed by atoms with Gasteiger partial charge in [0.05, 0.1) is 0 Å². The number of nitrogens with one attached hydrogen (secondary N) is 1. The molecule has 1 heterocycles. The Morgan fingerprint density at radius 1 is 1.16 bits per heavy atom. The Morgan fingerprint density at radius 2 is 1.89 bits per heavy atom. The van der Waals surface area contributed by atoms with Crippen molar-refractivity contribution < 1.29 is 9.21 Å². The number of amides is 1. The maximum absolute atomic E-state index is 12.0. The molecule has 0 fully saturated rings. The van der Waals surface area contributed by atoms with Crippen LogP contribution in [0.3, 0.4) is 0 Å². The van der Waals surface area contributed by atoms with Crippen LogP contribution in [0.5, 0.6) is 0 Å². The maximum Gasteiger partial charge on any atom is 0.271 e. The Morgan fingerprint density at radius 3 is 2.53 bits per heavy atom. The van der Waals surface area contributed by atoms with Crippen molar-refractivity contribution in [3.8, 4) is 0 Å². The summed E-state index contributed by atoms with van der Waals surface area (Å²) in [6, 6.07) is 11.1. The van der Waals surface area contributed by atoms with Crippen LogP contribution in [-0.2, 0) is 0 Å². The van der Waals surface area contributed by atoms with Gasteiger partial charge in [-0.25, -0.2) is 5.43 Å². The minimum atomic E-state index is -0.222. The highest BCUT2D eigenvalue weighted by Crippen LogP contribution is 2.08. The number of rotatable bonds is 3. The molecule has 1 N–H and O–H groups in total. The summed E-state index contributed by atoms with van der Waals surface area (Å²) >= 11 is 0. The lowest BCUT2D eigenvalue weighted by atomic mass is 10.1. The van der Waals surface area contributed by atoms with Crippen molar-refractivity contribution in [1.82, 2.24) is 5.43 Å². The van der Waals surface area contributed by atoms with Crippen molar-refractivity contribution in [3.63, 3.8) is 0 Å². The van der Waals surface area contributed by atoms with Gasteiger partial charge in [0.25, 0.3) is 5.91 Å². The van der Waals surface area contributed by atoms with E-state index in [1.807, 2.05) is 44.2 Å². The minimum absolute atomic E-state index is 0.222. The van der Waals surface area contributed by atoms with E-state index in [0.29, 0.717) is 17.0 Å². The molecule has 1 aromatic carbocycles. The molecular formula is C15H16N2O2. The second kappa shape index (κ2) is 5.52. The van der Waals surface area contributed by atoms with Crippen LogP contribution < -0.4 is 5.43 Å². The Kier molecular flexibility index (Phi) is 3.80. The molecule has 4 nitrogen and oxygen atoms in total. The van der Waals surface area contributed by atoms with E-state index in [1.165, 1.54) is 0 Å². The molecule has 0 radical (unpaired) electrons. The quantitative estimate of drug-likeness (QED) is 0.677. The summed E-state index contributed by atoms with van der Waals surface area (Å²) < 4.78 is 5.42. The van der Waals surface area contributed by atoms with Gasteiger partial charge in [0.1, 0.15) is 17.2 Å². The average molecular weight is 256 g/mol. The van der Waals surface area contributed by atoms with Crippen LogP contribution in [-0.4, -0.2) is 11.6 Å². The highest BCUT2D eigenvalue weighted by Gasteiger charge is 2.08. The van der Waals surface area contributed by atoms with Gasteiger partial charge < -0.3 is 4.42 Å². The van der Waals surface area contributed by atoms with Crippen molar-refractivity contribution in [2.45, 2.75) is 20.8 Å². The number of carbonyl (C=O) groups is 1. The molecule has 2 rings (SSSR count). The summed E-state index contributed by atoms with van der Waals surface area (Å²) in [6.45, 7) is 5.54. The summed E-state index contributed by atoms with van der Waals surface area (Å²) in [6.07, 6.45) is 0. The third kappa shape index (κ3) is 3.10. The fraction of sp³-hybridized carbons (Fsp3) is 0.200. The Bertz CT molecular complexity index is 627. The lowest BCUT2D eigenvalue weighted by molar-refractivity contribution is 0.0954. The molecule has 0 aliphatic carbocycles. The van der Waals surface area contributed by atoms with Crippen LogP contribution in [0.1, 0.15) is 34.4 Å². The number of hydrogen-bond donors (Lipinski definition) is 1. The number of nitrogens with zero attached hydrogens (tertiary/aromatic N) is 1. The van der Waals surface area contributed by atoms with Crippen molar-refractivity contribution >= 4 is 11.6 Å².